The minimum Gasteiger partial charge on any atom is -0.368 e. The summed E-state index contributed by atoms with van der Waals surface area (Å²) in [4.78, 5) is 25.7. The number of carbonyl (C=O) groups is 1. The first kappa shape index (κ1) is 19.7. The molecule has 5 rings (SSSR count). The van der Waals surface area contributed by atoms with Gasteiger partial charge in [-0.2, -0.15) is 0 Å². The molecule has 1 atom stereocenters. The van der Waals surface area contributed by atoms with Crippen molar-refractivity contribution in [1.29, 1.82) is 0 Å². The van der Waals surface area contributed by atoms with Crippen molar-refractivity contribution in [2.24, 2.45) is 0 Å². The van der Waals surface area contributed by atoms with Crippen LogP contribution in [0.1, 0.15) is 24.6 Å². The third kappa shape index (κ3) is 3.59. The van der Waals surface area contributed by atoms with Crippen LogP contribution < -0.4 is 20.4 Å². The summed E-state index contributed by atoms with van der Waals surface area (Å²) in [5, 5.41) is 6.25. The fraction of sp³-hybridized carbons (Fsp3) is 0.409. The zero-order valence-electron chi connectivity index (χ0n) is 17.7. The number of fused-ring (bicyclic) bond motifs is 2. The van der Waals surface area contributed by atoms with Crippen molar-refractivity contribution >= 4 is 28.9 Å². The van der Waals surface area contributed by atoms with Gasteiger partial charge in [0.05, 0.1) is 11.4 Å². The van der Waals surface area contributed by atoms with Gasteiger partial charge in [0, 0.05) is 68.1 Å². The molecule has 0 aliphatic carbocycles. The molecule has 0 saturated carbocycles. The fourth-order valence-electron chi connectivity index (χ4n) is 4.50. The summed E-state index contributed by atoms with van der Waals surface area (Å²) >= 11 is 0. The number of amides is 2. The number of halogens is 1. The Balaban J connectivity index is 1.39. The summed E-state index contributed by atoms with van der Waals surface area (Å²) in [5.74, 6) is 0.139. The molecule has 2 aliphatic rings. The SMILES string of the molecule is CC[C@H]1CN(c2ccnc3c2CCN3C(=O)Nc2cn3cc(C)nc3cc2F)CCN1. The standard InChI is InChI=1S/C22H26FN7O/c1-3-15-12-28(9-7-24-15)19-4-6-25-21-16(19)5-8-30(21)22(31)27-18-13-29-11-14(2)26-20(29)10-17(18)23/h4,6,10-11,13,15,24H,3,5,7-9,12H2,1-2H3,(H,27,31)/t15-/m0/s1. The molecule has 3 aromatic rings. The molecule has 2 N–H and O–H groups in total. The Labute approximate surface area is 180 Å². The van der Waals surface area contributed by atoms with Gasteiger partial charge in [-0.3, -0.25) is 4.90 Å². The van der Waals surface area contributed by atoms with E-state index in [-0.39, 0.29) is 11.7 Å². The van der Waals surface area contributed by atoms with Crippen LogP contribution in [0.25, 0.3) is 5.65 Å². The largest absolute Gasteiger partial charge is 0.368 e. The van der Waals surface area contributed by atoms with Gasteiger partial charge >= 0.3 is 6.03 Å². The number of hydrogen-bond acceptors (Lipinski definition) is 5. The van der Waals surface area contributed by atoms with Crippen LogP contribution in [0, 0.1) is 12.7 Å². The van der Waals surface area contributed by atoms with Crippen molar-refractivity contribution in [1.82, 2.24) is 19.7 Å². The number of hydrogen-bond donors (Lipinski definition) is 2. The van der Waals surface area contributed by atoms with Crippen LogP contribution >= 0.6 is 0 Å². The number of nitrogens with zero attached hydrogens (tertiary/aromatic N) is 5. The van der Waals surface area contributed by atoms with E-state index in [1.165, 1.54) is 6.07 Å². The number of nitrogens with one attached hydrogen (secondary N) is 2. The molecular weight excluding hydrogens is 397 g/mol. The highest BCUT2D eigenvalue weighted by Crippen LogP contribution is 2.34. The first-order valence-electron chi connectivity index (χ1n) is 10.7. The summed E-state index contributed by atoms with van der Waals surface area (Å²) in [6.45, 7) is 7.35. The molecule has 5 heterocycles. The lowest BCUT2D eigenvalue weighted by molar-refractivity contribution is 0.257. The van der Waals surface area contributed by atoms with Crippen molar-refractivity contribution in [3.63, 3.8) is 0 Å². The Kier molecular flexibility index (Phi) is 4.97. The van der Waals surface area contributed by atoms with E-state index in [1.807, 2.05) is 13.0 Å². The zero-order valence-corrected chi connectivity index (χ0v) is 17.7. The van der Waals surface area contributed by atoms with Gasteiger partial charge in [0.25, 0.3) is 0 Å². The molecule has 0 radical (unpaired) electrons. The first-order chi connectivity index (χ1) is 15.0. The fourth-order valence-corrected chi connectivity index (χ4v) is 4.50. The molecule has 1 fully saturated rings. The van der Waals surface area contributed by atoms with Crippen LogP contribution in [0.3, 0.4) is 0 Å². The molecule has 9 heteroatoms. The predicted molar refractivity (Wildman–Crippen MR) is 118 cm³/mol. The minimum atomic E-state index is -0.515. The number of rotatable bonds is 3. The van der Waals surface area contributed by atoms with Crippen LogP contribution in [-0.4, -0.2) is 52.6 Å². The monoisotopic (exact) mass is 423 g/mol. The number of pyridine rings is 2. The van der Waals surface area contributed by atoms with Gasteiger partial charge in [-0.25, -0.2) is 19.2 Å². The molecule has 31 heavy (non-hydrogen) atoms. The third-order valence-corrected chi connectivity index (χ3v) is 6.09. The van der Waals surface area contributed by atoms with Crippen molar-refractivity contribution in [2.45, 2.75) is 32.7 Å². The van der Waals surface area contributed by atoms with Crippen molar-refractivity contribution in [2.75, 3.05) is 41.3 Å². The Hall–Kier alpha value is -3.20. The second kappa shape index (κ2) is 7.81. The highest BCUT2D eigenvalue weighted by Gasteiger charge is 2.31. The molecule has 2 amide bonds. The van der Waals surface area contributed by atoms with Crippen molar-refractivity contribution in [3.05, 3.63) is 47.8 Å². The summed E-state index contributed by atoms with van der Waals surface area (Å²) in [7, 11) is 0. The van der Waals surface area contributed by atoms with Gasteiger partial charge in [0.15, 0.2) is 5.82 Å². The minimum absolute atomic E-state index is 0.118. The summed E-state index contributed by atoms with van der Waals surface area (Å²) < 4.78 is 16.2. The van der Waals surface area contributed by atoms with Gasteiger partial charge in [-0.15, -0.1) is 0 Å². The maximum Gasteiger partial charge on any atom is 0.327 e. The molecule has 0 unspecified atom stereocenters. The first-order valence-corrected chi connectivity index (χ1v) is 10.7. The average molecular weight is 423 g/mol. The number of aryl methyl sites for hydroxylation is 1. The van der Waals surface area contributed by atoms with E-state index in [0.717, 1.165) is 49.4 Å². The van der Waals surface area contributed by atoms with E-state index in [4.69, 9.17) is 0 Å². The zero-order chi connectivity index (χ0) is 21.5. The molecule has 1 saturated heterocycles. The summed E-state index contributed by atoms with van der Waals surface area (Å²) in [6, 6.07) is 3.44. The van der Waals surface area contributed by atoms with E-state index >= 15 is 0 Å². The van der Waals surface area contributed by atoms with Gasteiger partial charge < -0.3 is 19.9 Å². The Morgan fingerprint density at radius 2 is 2.23 bits per heavy atom. The molecule has 8 nitrogen and oxygen atoms in total. The smallest absolute Gasteiger partial charge is 0.327 e. The quantitative estimate of drug-likeness (QED) is 0.677. The van der Waals surface area contributed by atoms with Gasteiger partial charge in [0.1, 0.15) is 11.5 Å². The molecule has 0 spiro atoms. The molecule has 2 aliphatic heterocycles. The average Bonchev–Trinajstić information content (AvgIpc) is 3.36. The molecule has 3 aromatic heterocycles. The number of carbonyl (C=O) groups excluding carboxylic acids is 1. The third-order valence-electron chi connectivity index (χ3n) is 6.09. The summed E-state index contributed by atoms with van der Waals surface area (Å²) in [6.07, 6.45) is 6.90. The van der Waals surface area contributed by atoms with Crippen molar-refractivity contribution in [3.8, 4) is 0 Å². The maximum atomic E-state index is 14.5. The Morgan fingerprint density at radius 1 is 1.35 bits per heavy atom. The highest BCUT2D eigenvalue weighted by molar-refractivity contribution is 6.03. The maximum absolute atomic E-state index is 14.5. The van der Waals surface area contributed by atoms with E-state index in [1.54, 1.807) is 27.9 Å². The molecule has 0 bridgehead atoms. The lowest BCUT2D eigenvalue weighted by Crippen LogP contribution is -2.50. The molecule has 162 valence electrons. The number of imidazole rings is 1. The van der Waals surface area contributed by atoms with Crippen LogP contribution in [0.4, 0.5) is 26.4 Å². The van der Waals surface area contributed by atoms with Crippen LogP contribution in [-0.2, 0) is 6.42 Å². The Bertz CT molecular complexity index is 1140. The van der Waals surface area contributed by atoms with E-state index < -0.39 is 5.82 Å². The van der Waals surface area contributed by atoms with Gasteiger partial charge in [-0.1, -0.05) is 6.92 Å². The van der Waals surface area contributed by atoms with E-state index in [2.05, 4.69) is 32.4 Å². The second-order valence-electron chi connectivity index (χ2n) is 8.15. The van der Waals surface area contributed by atoms with Gasteiger partial charge in [0.2, 0.25) is 0 Å². The second-order valence-corrected chi connectivity index (χ2v) is 8.15. The normalized spacial score (nSPS) is 18.5. The van der Waals surface area contributed by atoms with Crippen LogP contribution in [0.5, 0.6) is 0 Å². The van der Waals surface area contributed by atoms with Crippen LogP contribution in [0.2, 0.25) is 0 Å². The number of urea groups is 1. The topological polar surface area (TPSA) is 77.8 Å². The van der Waals surface area contributed by atoms with E-state index in [9.17, 15) is 9.18 Å². The number of aromatic nitrogens is 3. The van der Waals surface area contributed by atoms with Gasteiger partial charge in [-0.05, 0) is 25.8 Å². The van der Waals surface area contributed by atoms with E-state index in [0.29, 0.717) is 24.1 Å². The van der Waals surface area contributed by atoms with Crippen LogP contribution in [0.15, 0.2) is 30.7 Å². The highest BCUT2D eigenvalue weighted by atomic mass is 19.1. The molecular formula is C22H26FN7O. The summed E-state index contributed by atoms with van der Waals surface area (Å²) in [5.41, 5.74) is 3.63. The Morgan fingerprint density at radius 3 is 3.06 bits per heavy atom. The predicted octanol–water partition coefficient (Wildman–Crippen LogP) is 2.96. The number of piperazine rings is 1. The lowest BCUT2D eigenvalue weighted by Gasteiger charge is -2.35. The lowest BCUT2D eigenvalue weighted by atomic mass is 10.1. The molecule has 0 aromatic carbocycles. The van der Waals surface area contributed by atoms with Crippen molar-refractivity contribution < 1.29 is 9.18 Å². The number of anilines is 3.